The fraction of sp³-hybridized carbons (Fsp3) is 0.278. The van der Waals surface area contributed by atoms with E-state index in [0.29, 0.717) is 5.56 Å². The Morgan fingerprint density at radius 3 is 2.44 bits per heavy atom. The van der Waals surface area contributed by atoms with E-state index in [4.69, 9.17) is 4.18 Å². The maximum atomic E-state index is 13.4. The van der Waals surface area contributed by atoms with Crippen LogP contribution in [-0.4, -0.2) is 31.5 Å². The zero-order valence-electron chi connectivity index (χ0n) is 14.3. The second-order valence-electron chi connectivity index (χ2n) is 5.97. The van der Waals surface area contributed by atoms with Crippen LogP contribution in [0.15, 0.2) is 48.5 Å². The van der Waals surface area contributed by atoms with E-state index in [0.717, 1.165) is 6.26 Å². The summed E-state index contributed by atoms with van der Waals surface area (Å²) in [5, 5.41) is 0. The van der Waals surface area contributed by atoms with Crippen LogP contribution in [0.3, 0.4) is 0 Å². The molecule has 2 rings (SSSR count). The van der Waals surface area contributed by atoms with Gasteiger partial charge in [0.05, 0.1) is 6.26 Å². The van der Waals surface area contributed by atoms with E-state index in [1.165, 1.54) is 24.3 Å². The molecule has 2 aromatic carbocycles. The molecule has 0 aliphatic carbocycles. The summed E-state index contributed by atoms with van der Waals surface area (Å²) in [5.41, 5.74) is 0.969. The van der Waals surface area contributed by atoms with Gasteiger partial charge in [-0.1, -0.05) is 18.2 Å². The van der Waals surface area contributed by atoms with Crippen LogP contribution >= 0.6 is 0 Å². The van der Waals surface area contributed by atoms with Crippen molar-refractivity contribution in [3.8, 4) is 5.75 Å². The van der Waals surface area contributed by atoms with E-state index in [2.05, 4.69) is 0 Å². The molecule has 0 aliphatic heterocycles. The Labute approximate surface area is 147 Å². The van der Waals surface area contributed by atoms with Crippen molar-refractivity contribution in [2.75, 3.05) is 6.26 Å². The Balaban J connectivity index is 2.25. The Morgan fingerprint density at radius 1 is 1.16 bits per heavy atom. The van der Waals surface area contributed by atoms with E-state index in [9.17, 15) is 17.6 Å². The summed E-state index contributed by atoms with van der Waals surface area (Å²) in [5.74, 6) is -0.594. The number of nitrogens with zero attached hydrogens (tertiary/aromatic N) is 1. The van der Waals surface area contributed by atoms with Crippen molar-refractivity contribution in [1.29, 1.82) is 0 Å². The number of carbonyl (C=O) groups excluding carboxylic acids is 1. The maximum absolute atomic E-state index is 13.4. The maximum Gasteiger partial charge on any atom is 0.306 e. The van der Waals surface area contributed by atoms with Gasteiger partial charge in [0, 0.05) is 18.2 Å². The lowest BCUT2D eigenvalue weighted by molar-refractivity contribution is 0.0689. The predicted molar refractivity (Wildman–Crippen MR) is 93.3 cm³/mol. The molecule has 0 atom stereocenters. The summed E-state index contributed by atoms with van der Waals surface area (Å²) >= 11 is 0. The van der Waals surface area contributed by atoms with Gasteiger partial charge in [0.25, 0.3) is 5.91 Å². The summed E-state index contributed by atoms with van der Waals surface area (Å²) in [6.07, 6.45) is 0.966. The molecule has 0 saturated carbocycles. The molecule has 0 aliphatic rings. The van der Waals surface area contributed by atoms with Crippen molar-refractivity contribution < 1.29 is 21.8 Å². The number of hydrogen-bond acceptors (Lipinski definition) is 4. The molecule has 0 bridgehead atoms. The molecule has 7 heteroatoms. The zero-order chi connectivity index (χ0) is 18.6. The number of benzene rings is 2. The molecule has 0 fully saturated rings. The van der Waals surface area contributed by atoms with Crippen molar-refractivity contribution >= 4 is 16.0 Å². The van der Waals surface area contributed by atoms with Crippen LogP contribution in [0, 0.1) is 5.82 Å². The summed E-state index contributed by atoms with van der Waals surface area (Å²) in [7, 11) is -3.63. The van der Waals surface area contributed by atoms with Gasteiger partial charge in [-0.2, -0.15) is 8.42 Å². The standard InChI is InChI=1S/C18H20FNO4S/c1-13(2)20(18(21)15-7-5-8-16(19)11-15)12-14-6-4-9-17(10-14)24-25(3,22)23/h4-11,13H,12H2,1-3H3. The molecule has 0 spiro atoms. The van der Waals surface area contributed by atoms with Gasteiger partial charge < -0.3 is 9.08 Å². The molecular weight excluding hydrogens is 345 g/mol. The highest BCUT2D eigenvalue weighted by Gasteiger charge is 2.20. The van der Waals surface area contributed by atoms with E-state index >= 15 is 0 Å². The van der Waals surface area contributed by atoms with Gasteiger partial charge in [0.1, 0.15) is 11.6 Å². The van der Waals surface area contributed by atoms with Gasteiger partial charge in [-0.15, -0.1) is 0 Å². The summed E-state index contributed by atoms with van der Waals surface area (Å²) in [6.45, 7) is 3.95. The van der Waals surface area contributed by atoms with Crippen LogP contribution in [0.5, 0.6) is 5.75 Å². The topological polar surface area (TPSA) is 63.7 Å². The van der Waals surface area contributed by atoms with Crippen molar-refractivity contribution in [2.24, 2.45) is 0 Å². The van der Waals surface area contributed by atoms with Gasteiger partial charge in [0.2, 0.25) is 0 Å². The van der Waals surface area contributed by atoms with Crippen LogP contribution in [0.1, 0.15) is 29.8 Å². The molecule has 2 aromatic rings. The average Bonchev–Trinajstić information content (AvgIpc) is 2.50. The molecule has 0 saturated heterocycles. The van der Waals surface area contributed by atoms with Crippen molar-refractivity contribution in [3.63, 3.8) is 0 Å². The Kier molecular flexibility index (Phi) is 5.79. The third kappa shape index (κ3) is 5.56. The highest BCUT2D eigenvalue weighted by Crippen LogP contribution is 2.19. The minimum Gasteiger partial charge on any atom is -0.383 e. The summed E-state index contributed by atoms with van der Waals surface area (Å²) in [6, 6.07) is 11.9. The van der Waals surface area contributed by atoms with Crippen LogP contribution in [0.2, 0.25) is 0 Å². The number of rotatable bonds is 6. The fourth-order valence-corrected chi connectivity index (χ4v) is 2.80. The van der Waals surface area contributed by atoms with E-state index in [1.807, 2.05) is 13.8 Å². The molecule has 0 heterocycles. The fourth-order valence-electron chi connectivity index (χ4n) is 2.34. The quantitative estimate of drug-likeness (QED) is 0.738. The second kappa shape index (κ2) is 7.65. The first kappa shape index (κ1) is 18.9. The van der Waals surface area contributed by atoms with E-state index in [1.54, 1.807) is 29.2 Å². The molecule has 0 N–H and O–H groups in total. The Bertz CT molecular complexity index is 865. The first-order valence-electron chi connectivity index (χ1n) is 7.70. The molecule has 134 valence electrons. The van der Waals surface area contributed by atoms with Crippen LogP contribution in [-0.2, 0) is 16.7 Å². The number of halogens is 1. The average molecular weight is 365 g/mol. The molecule has 25 heavy (non-hydrogen) atoms. The largest absolute Gasteiger partial charge is 0.383 e. The lowest BCUT2D eigenvalue weighted by Gasteiger charge is -2.27. The van der Waals surface area contributed by atoms with Crippen molar-refractivity contribution in [1.82, 2.24) is 4.90 Å². The highest BCUT2D eigenvalue weighted by atomic mass is 32.2. The van der Waals surface area contributed by atoms with Crippen LogP contribution in [0.4, 0.5) is 4.39 Å². The van der Waals surface area contributed by atoms with E-state index in [-0.39, 0.29) is 29.8 Å². The van der Waals surface area contributed by atoms with Crippen molar-refractivity contribution in [2.45, 2.75) is 26.4 Å². The Morgan fingerprint density at radius 2 is 1.84 bits per heavy atom. The van der Waals surface area contributed by atoms with Crippen LogP contribution < -0.4 is 4.18 Å². The lowest BCUT2D eigenvalue weighted by Crippen LogP contribution is -2.36. The normalized spacial score (nSPS) is 11.4. The van der Waals surface area contributed by atoms with Gasteiger partial charge >= 0.3 is 10.1 Å². The number of amides is 1. The second-order valence-corrected chi connectivity index (χ2v) is 7.55. The molecule has 1 amide bonds. The first-order valence-corrected chi connectivity index (χ1v) is 9.52. The zero-order valence-corrected chi connectivity index (χ0v) is 15.1. The Hall–Kier alpha value is -2.41. The minimum absolute atomic E-state index is 0.129. The predicted octanol–water partition coefficient (Wildman–Crippen LogP) is 3.21. The van der Waals surface area contributed by atoms with Gasteiger partial charge in [0.15, 0.2) is 0 Å². The van der Waals surface area contributed by atoms with Gasteiger partial charge in [-0.05, 0) is 49.7 Å². The third-order valence-electron chi connectivity index (χ3n) is 3.45. The highest BCUT2D eigenvalue weighted by molar-refractivity contribution is 7.86. The van der Waals surface area contributed by atoms with Crippen LogP contribution in [0.25, 0.3) is 0 Å². The monoisotopic (exact) mass is 365 g/mol. The summed E-state index contributed by atoms with van der Waals surface area (Å²) in [4.78, 5) is 14.3. The first-order chi connectivity index (χ1) is 11.7. The number of carbonyl (C=O) groups is 1. The van der Waals surface area contributed by atoms with Gasteiger partial charge in [-0.25, -0.2) is 4.39 Å². The molecule has 0 radical (unpaired) electrons. The molecule has 0 aromatic heterocycles. The molecule has 5 nitrogen and oxygen atoms in total. The number of hydrogen-bond donors (Lipinski definition) is 0. The molecule has 0 unspecified atom stereocenters. The SMILES string of the molecule is CC(C)N(Cc1cccc(OS(C)(=O)=O)c1)C(=O)c1cccc(F)c1. The smallest absolute Gasteiger partial charge is 0.306 e. The lowest BCUT2D eigenvalue weighted by atomic mass is 10.1. The molecular formula is C18H20FNO4S. The minimum atomic E-state index is -3.63. The van der Waals surface area contributed by atoms with Crippen molar-refractivity contribution in [3.05, 3.63) is 65.5 Å². The summed E-state index contributed by atoms with van der Waals surface area (Å²) < 4.78 is 40.7. The van der Waals surface area contributed by atoms with E-state index < -0.39 is 15.9 Å². The van der Waals surface area contributed by atoms with Gasteiger partial charge in [-0.3, -0.25) is 4.79 Å². The third-order valence-corrected chi connectivity index (χ3v) is 3.95.